The number of Topliss-reactive ketones (excluding diaryl/α,β-unsaturated/α-hetero) is 1. The zero-order chi connectivity index (χ0) is 30.0. The zero-order valence-electron chi connectivity index (χ0n) is 21.9. The summed E-state index contributed by atoms with van der Waals surface area (Å²) in [4.78, 5) is 24.9. The molecule has 0 aromatic heterocycles. The predicted molar refractivity (Wildman–Crippen MR) is 144 cm³/mol. The Labute approximate surface area is 239 Å². The maximum atomic E-state index is 12.8. The molecule has 0 saturated carbocycles. The molecule has 1 saturated heterocycles. The second-order valence-electron chi connectivity index (χ2n) is 9.80. The highest BCUT2D eigenvalue weighted by molar-refractivity contribution is 6.01. The van der Waals surface area contributed by atoms with E-state index in [0.29, 0.717) is 11.1 Å². The Kier molecular flexibility index (Phi) is 8.31. The second-order valence-corrected chi connectivity index (χ2v) is 9.80. The molecule has 0 amide bonds. The topological polar surface area (TPSA) is 192 Å². The average molecular weight is 581 g/mol. The highest BCUT2D eigenvalue weighted by Gasteiger charge is 2.46. The molecule has 0 aliphatic carbocycles. The molecule has 6 N–H and O–H groups in total. The van der Waals surface area contributed by atoms with Gasteiger partial charge in [0.25, 0.3) is 0 Å². The molecule has 12 heteroatoms. The zero-order valence-corrected chi connectivity index (χ0v) is 21.9. The summed E-state index contributed by atoms with van der Waals surface area (Å²) >= 11 is 0. The molecule has 5 rings (SSSR count). The van der Waals surface area contributed by atoms with Crippen molar-refractivity contribution in [2.75, 3.05) is 6.61 Å². The maximum Gasteiger partial charge on any atom is 0.330 e. The Morgan fingerprint density at radius 3 is 2.24 bits per heavy atom. The molecule has 2 aliphatic heterocycles. The quantitative estimate of drug-likeness (QED) is 0.176. The van der Waals surface area contributed by atoms with Crippen LogP contribution in [0.2, 0.25) is 0 Å². The average Bonchev–Trinajstić information content (AvgIpc) is 2.98. The van der Waals surface area contributed by atoms with E-state index in [2.05, 4.69) is 0 Å². The smallest absolute Gasteiger partial charge is 0.330 e. The fourth-order valence-corrected chi connectivity index (χ4v) is 4.56. The number of benzene rings is 3. The van der Waals surface area contributed by atoms with E-state index in [1.54, 1.807) is 24.3 Å². The number of esters is 1. The van der Waals surface area contributed by atoms with Crippen molar-refractivity contribution in [2.45, 2.75) is 43.2 Å². The van der Waals surface area contributed by atoms with Crippen LogP contribution in [0.25, 0.3) is 6.08 Å². The van der Waals surface area contributed by atoms with Crippen molar-refractivity contribution < 1.29 is 59.2 Å². The van der Waals surface area contributed by atoms with Crippen LogP contribution in [0.3, 0.4) is 0 Å². The number of hydrogen-bond acceptors (Lipinski definition) is 12. The number of aliphatic hydroxyl groups is 3. The number of phenols is 3. The SMILES string of the molecule is O=C(C=Cc1ccc(O)cc1)OC[C@H]1O[C@@H](Oc2ccc3c(c2O)O[C@H](c2ccc(O)cc2)CC3=O)[C@@H](O)[C@@H](O)[C@H]1O. The molecule has 0 spiro atoms. The van der Waals surface area contributed by atoms with Crippen LogP contribution in [-0.4, -0.2) is 79.7 Å². The van der Waals surface area contributed by atoms with Gasteiger partial charge in [-0.15, -0.1) is 0 Å². The number of phenolic OH excluding ortho intramolecular Hbond substituents is 3. The van der Waals surface area contributed by atoms with Crippen LogP contribution in [0.1, 0.15) is 34.0 Å². The molecule has 1 fully saturated rings. The van der Waals surface area contributed by atoms with Crippen molar-refractivity contribution >= 4 is 17.8 Å². The van der Waals surface area contributed by atoms with E-state index in [-0.39, 0.29) is 40.8 Å². The van der Waals surface area contributed by atoms with Gasteiger partial charge >= 0.3 is 5.97 Å². The number of rotatable bonds is 7. The summed E-state index contributed by atoms with van der Waals surface area (Å²) in [5.74, 6) is -1.93. The van der Waals surface area contributed by atoms with Gasteiger partial charge in [0.1, 0.15) is 48.6 Å². The fourth-order valence-electron chi connectivity index (χ4n) is 4.56. The number of hydrogen-bond donors (Lipinski definition) is 6. The summed E-state index contributed by atoms with van der Waals surface area (Å²) in [5, 5.41) is 61.1. The van der Waals surface area contributed by atoms with E-state index in [4.69, 9.17) is 18.9 Å². The highest BCUT2D eigenvalue weighted by atomic mass is 16.7. The molecule has 220 valence electrons. The fraction of sp³-hybridized carbons (Fsp3) is 0.267. The van der Waals surface area contributed by atoms with Gasteiger partial charge in [-0.25, -0.2) is 4.79 Å². The minimum Gasteiger partial charge on any atom is -0.508 e. The van der Waals surface area contributed by atoms with Crippen molar-refractivity contribution in [3.05, 3.63) is 83.4 Å². The summed E-state index contributed by atoms with van der Waals surface area (Å²) in [6, 6.07) is 14.8. The number of ketones is 1. The van der Waals surface area contributed by atoms with E-state index in [0.717, 1.165) is 6.08 Å². The monoisotopic (exact) mass is 580 g/mol. The Hall–Kier alpha value is -4.62. The van der Waals surface area contributed by atoms with Crippen molar-refractivity contribution in [1.29, 1.82) is 0 Å². The van der Waals surface area contributed by atoms with Crippen molar-refractivity contribution in [1.82, 2.24) is 0 Å². The van der Waals surface area contributed by atoms with Gasteiger partial charge in [0, 0.05) is 6.08 Å². The van der Waals surface area contributed by atoms with Gasteiger partial charge < -0.3 is 49.6 Å². The summed E-state index contributed by atoms with van der Waals surface area (Å²) < 4.78 is 22.2. The largest absolute Gasteiger partial charge is 0.508 e. The molecule has 42 heavy (non-hydrogen) atoms. The molecular formula is C30H28O12. The molecule has 0 bridgehead atoms. The number of aliphatic hydroxyl groups excluding tert-OH is 3. The molecule has 2 aliphatic rings. The Morgan fingerprint density at radius 2 is 1.55 bits per heavy atom. The van der Waals surface area contributed by atoms with E-state index in [9.17, 15) is 40.2 Å². The minimum atomic E-state index is -1.76. The lowest BCUT2D eigenvalue weighted by molar-refractivity contribution is -0.278. The van der Waals surface area contributed by atoms with Crippen LogP contribution in [0.15, 0.2) is 66.7 Å². The molecule has 0 radical (unpaired) electrons. The maximum absolute atomic E-state index is 12.8. The van der Waals surface area contributed by atoms with Crippen LogP contribution in [0, 0.1) is 0 Å². The first-order chi connectivity index (χ1) is 20.1. The highest BCUT2D eigenvalue weighted by Crippen LogP contribution is 2.46. The molecule has 3 aromatic carbocycles. The number of carbonyl (C=O) groups excluding carboxylic acids is 2. The van der Waals surface area contributed by atoms with Crippen LogP contribution in [0.5, 0.6) is 28.7 Å². The first-order valence-electron chi connectivity index (χ1n) is 13.0. The Morgan fingerprint density at radius 1 is 0.881 bits per heavy atom. The summed E-state index contributed by atoms with van der Waals surface area (Å²) in [6.07, 6.45) is -6.26. The lowest BCUT2D eigenvalue weighted by atomic mass is 9.95. The molecule has 0 unspecified atom stereocenters. The molecular weight excluding hydrogens is 552 g/mol. The lowest BCUT2D eigenvalue weighted by Gasteiger charge is -2.40. The van der Waals surface area contributed by atoms with Crippen molar-refractivity contribution in [3.63, 3.8) is 0 Å². The van der Waals surface area contributed by atoms with E-state index in [1.165, 1.54) is 42.5 Å². The Bertz CT molecular complexity index is 1470. The van der Waals surface area contributed by atoms with Crippen molar-refractivity contribution in [2.24, 2.45) is 0 Å². The normalized spacial score (nSPS) is 25.5. The van der Waals surface area contributed by atoms with Crippen LogP contribution in [0.4, 0.5) is 0 Å². The van der Waals surface area contributed by atoms with Crippen LogP contribution < -0.4 is 9.47 Å². The van der Waals surface area contributed by atoms with E-state index >= 15 is 0 Å². The minimum absolute atomic E-state index is 0.00349. The first-order valence-corrected chi connectivity index (χ1v) is 13.0. The standard InChI is InChI=1S/C30H28O12/c31-17-6-1-15(2-7-17)3-12-24(34)39-14-23-25(35)27(37)28(38)30(42-23)41-21-11-10-19-20(33)13-22(40-29(19)26(21)36)16-4-8-18(32)9-5-16/h1-12,22-23,25,27-28,30-32,35-38H,13-14H2/t22-,23+,25-,27-,28-,30+/m0/s1. The van der Waals surface area contributed by atoms with Gasteiger partial charge in [-0.3, -0.25) is 4.79 Å². The van der Waals surface area contributed by atoms with Gasteiger partial charge in [-0.1, -0.05) is 24.3 Å². The molecule has 2 heterocycles. The molecule has 6 atom stereocenters. The molecule has 3 aromatic rings. The van der Waals surface area contributed by atoms with E-state index in [1.807, 2.05) is 0 Å². The Balaban J connectivity index is 1.27. The van der Waals surface area contributed by atoms with E-state index < -0.39 is 55.1 Å². The number of fused-ring (bicyclic) bond motifs is 1. The first kappa shape index (κ1) is 28.9. The second kappa shape index (κ2) is 12.1. The van der Waals surface area contributed by atoms with Gasteiger partial charge in [-0.2, -0.15) is 0 Å². The van der Waals surface area contributed by atoms with Crippen molar-refractivity contribution in [3.8, 4) is 28.7 Å². The summed E-state index contributed by atoms with van der Waals surface area (Å²) in [6.45, 7) is -0.508. The van der Waals surface area contributed by atoms with Gasteiger partial charge in [0.15, 0.2) is 17.3 Å². The van der Waals surface area contributed by atoms with Crippen LogP contribution in [-0.2, 0) is 14.3 Å². The van der Waals surface area contributed by atoms with Crippen LogP contribution >= 0.6 is 0 Å². The lowest BCUT2D eigenvalue weighted by Crippen LogP contribution is -2.60. The number of carbonyl (C=O) groups is 2. The summed E-state index contributed by atoms with van der Waals surface area (Å²) in [5.41, 5.74) is 1.33. The number of ether oxygens (including phenoxy) is 4. The third kappa shape index (κ3) is 6.16. The third-order valence-corrected chi connectivity index (χ3v) is 6.90. The van der Waals surface area contributed by atoms with Gasteiger partial charge in [0.2, 0.25) is 12.0 Å². The third-order valence-electron chi connectivity index (χ3n) is 6.90. The van der Waals surface area contributed by atoms with Gasteiger partial charge in [-0.05, 0) is 53.6 Å². The number of aromatic hydroxyl groups is 3. The predicted octanol–water partition coefficient (Wildman–Crippen LogP) is 1.95. The molecule has 12 nitrogen and oxygen atoms in total. The summed E-state index contributed by atoms with van der Waals surface area (Å²) in [7, 11) is 0. The van der Waals surface area contributed by atoms with Gasteiger partial charge in [0.05, 0.1) is 12.0 Å².